The van der Waals surface area contributed by atoms with Gasteiger partial charge >= 0.3 is 0 Å². The second kappa shape index (κ2) is 16.0. The summed E-state index contributed by atoms with van der Waals surface area (Å²) < 4.78 is 6.65. The van der Waals surface area contributed by atoms with Crippen LogP contribution in [0.25, 0.3) is 66.4 Å². The zero-order valence-corrected chi connectivity index (χ0v) is 37.9. The molecule has 67 heavy (non-hydrogen) atoms. The number of rotatable bonds is 8. The van der Waals surface area contributed by atoms with Crippen LogP contribution in [0.1, 0.15) is 48.6 Å². The molecule has 0 aliphatic heterocycles. The van der Waals surface area contributed by atoms with Gasteiger partial charge in [0.25, 0.3) is 0 Å². The van der Waals surface area contributed by atoms with Gasteiger partial charge in [-0.2, -0.15) is 0 Å². The number of fused-ring (bicyclic) bond motifs is 6. The summed E-state index contributed by atoms with van der Waals surface area (Å²) in [5, 5.41) is 2.16. The summed E-state index contributed by atoms with van der Waals surface area (Å²) >= 11 is 0. The summed E-state index contributed by atoms with van der Waals surface area (Å²) in [6.07, 6.45) is 0. The normalized spacial score (nSPS) is 14.3. The number of nitrogens with zero attached hydrogens (tertiary/aromatic N) is 1. The van der Waals surface area contributed by atoms with Crippen molar-refractivity contribution in [2.24, 2.45) is 0 Å². The predicted molar refractivity (Wildman–Crippen MR) is 281 cm³/mol. The molecule has 1 heterocycles. The SMILES string of the molecule is CC(C)(C)c1ccc(-c2ccc(-c3ccccc3)cc2N(c2ccc3c(c2)C(c2ccccc2)(c2cccc(-c4ccccc4)c2)c2ccccc2-3)c2cccc3oc4ccccc4c23)cc1. The first-order valence-electron chi connectivity index (χ1n) is 23.3. The van der Waals surface area contributed by atoms with Crippen LogP contribution in [0.3, 0.4) is 0 Å². The third kappa shape index (κ3) is 6.71. The molecular formula is C65H49NO. The fraction of sp³-hybridized carbons (Fsp3) is 0.0769. The topological polar surface area (TPSA) is 16.4 Å². The van der Waals surface area contributed by atoms with Gasteiger partial charge in [-0.25, -0.2) is 0 Å². The Balaban J connectivity index is 1.18. The average molecular weight is 860 g/mol. The van der Waals surface area contributed by atoms with Gasteiger partial charge in [0.15, 0.2) is 0 Å². The van der Waals surface area contributed by atoms with Crippen molar-refractivity contribution in [1.29, 1.82) is 0 Å². The van der Waals surface area contributed by atoms with Crippen molar-refractivity contribution in [3.63, 3.8) is 0 Å². The van der Waals surface area contributed by atoms with Gasteiger partial charge in [0.1, 0.15) is 11.2 Å². The summed E-state index contributed by atoms with van der Waals surface area (Å²) in [6, 6.07) is 89.2. The van der Waals surface area contributed by atoms with Crippen molar-refractivity contribution in [3.05, 3.63) is 270 Å². The molecule has 10 aromatic carbocycles. The van der Waals surface area contributed by atoms with Gasteiger partial charge < -0.3 is 9.32 Å². The van der Waals surface area contributed by atoms with Crippen molar-refractivity contribution in [1.82, 2.24) is 0 Å². The lowest BCUT2D eigenvalue weighted by atomic mass is 9.67. The lowest BCUT2D eigenvalue weighted by Crippen LogP contribution is -2.29. The van der Waals surface area contributed by atoms with Crippen LogP contribution in [0.4, 0.5) is 17.1 Å². The maximum Gasteiger partial charge on any atom is 0.137 e. The molecule has 1 aromatic heterocycles. The zero-order valence-electron chi connectivity index (χ0n) is 37.9. The van der Waals surface area contributed by atoms with Crippen molar-refractivity contribution in [3.8, 4) is 44.5 Å². The Hall–Kier alpha value is -8.20. The maximum atomic E-state index is 6.65. The quantitative estimate of drug-likeness (QED) is 0.151. The molecule has 11 aromatic rings. The van der Waals surface area contributed by atoms with E-state index in [4.69, 9.17) is 4.42 Å². The molecule has 0 amide bonds. The molecule has 2 nitrogen and oxygen atoms in total. The third-order valence-corrected chi connectivity index (χ3v) is 13.9. The molecule has 0 saturated heterocycles. The van der Waals surface area contributed by atoms with E-state index >= 15 is 0 Å². The molecule has 0 fully saturated rings. The lowest BCUT2D eigenvalue weighted by Gasteiger charge is -2.35. The van der Waals surface area contributed by atoms with Crippen LogP contribution >= 0.6 is 0 Å². The molecule has 0 spiro atoms. The van der Waals surface area contributed by atoms with Crippen molar-refractivity contribution >= 4 is 39.0 Å². The smallest absolute Gasteiger partial charge is 0.137 e. The molecular weight excluding hydrogens is 811 g/mol. The highest BCUT2D eigenvalue weighted by molar-refractivity contribution is 6.14. The zero-order chi connectivity index (χ0) is 45.1. The molecule has 1 aliphatic carbocycles. The maximum absolute atomic E-state index is 6.65. The highest BCUT2D eigenvalue weighted by atomic mass is 16.3. The van der Waals surface area contributed by atoms with E-state index in [0.29, 0.717) is 0 Å². The minimum absolute atomic E-state index is 0.0242. The van der Waals surface area contributed by atoms with E-state index < -0.39 is 5.41 Å². The van der Waals surface area contributed by atoms with Gasteiger partial charge in [-0.3, -0.25) is 0 Å². The van der Waals surface area contributed by atoms with Crippen LogP contribution in [0.2, 0.25) is 0 Å². The molecule has 0 N–H and O–H groups in total. The summed E-state index contributed by atoms with van der Waals surface area (Å²) in [5.74, 6) is 0. The monoisotopic (exact) mass is 859 g/mol. The number of benzene rings is 10. The van der Waals surface area contributed by atoms with Crippen molar-refractivity contribution in [2.45, 2.75) is 31.6 Å². The minimum Gasteiger partial charge on any atom is -0.456 e. The van der Waals surface area contributed by atoms with E-state index in [1.165, 1.54) is 50.1 Å². The average Bonchev–Trinajstić information content (AvgIpc) is 3.91. The van der Waals surface area contributed by atoms with Crippen LogP contribution in [0.5, 0.6) is 0 Å². The Morgan fingerprint density at radius 3 is 1.69 bits per heavy atom. The molecule has 0 bridgehead atoms. The highest BCUT2D eigenvalue weighted by Crippen LogP contribution is 2.58. The lowest BCUT2D eigenvalue weighted by molar-refractivity contribution is 0.590. The van der Waals surface area contributed by atoms with Gasteiger partial charge in [-0.1, -0.05) is 221 Å². The van der Waals surface area contributed by atoms with Gasteiger partial charge in [-0.05, 0) is 115 Å². The fourth-order valence-electron chi connectivity index (χ4n) is 10.7. The van der Waals surface area contributed by atoms with Gasteiger partial charge in [0, 0.05) is 16.6 Å². The molecule has 0 radical (unpaired) electrons. The Bertz CT molecular complexity index is 3600. The van der Waals surface area contributed by atoms with Crippen LogP contribution in [-0.2, 0) is 10.8 Å². The Morgan fingerprint density at radius 1 is 0.373 bits per heavy atom. The van der Waals surface area contributed by atoms with E-state index in [9.17, 15) is 0 Å². The van der Waals surface area contributed by atoms with E-state index in [2.05, 4.69) is 268 Å². The Kier molecular flexibility index (Phi) is 9.66. The number of anilines is 3. The summed E-state index contributed by atoms with van der Waals surface area (Å²) in [4.78, 5) is 2.50. The van der Waals surface area contributed by atoms with Crippen molar-refractivity contribution < 1.29 is 4.42 Å². The van der Waals surface area contributed by atoms with Crippen molar-refractivity contribution in [2.75, 3.05) is 4.90 Å². The number of hydrogen-bond donors (Lipinski definition) is 0. The third-order valence-electron chi connectivity index (χ3n) is 13.9. The molecule has 1 aliphatic rings. The number of hydrogen-bond acceptors (Lipinski definition) is 2. The minimum atomic E-state index is -0.633. The van der Waals surface area contributed by atoms with E-state index in [0.717, 1.165) is 61.3 Å². The summed E-state index contributed by atoms with van der Waals surface area (Å²) in [5.41, 5.74) is 20.0. The predicted octanol–water partition coefficient (Wildman–Crippen LogP) is 17.7. The molecule has 12 rings (SSSR count). The first-order valence-corrected chi connectivity index (χ1v) is 23.3. The number of para-hydroxylation sites is 1. The number of furan rings is 1. The highest BCUT2D eigenvalue weighted by Gasteiger charge is 2.46. The Morgan fingerprint density at radius 2 is 0.940 bits per heavy atom. The van der Waals surface area contributed by atoms with Gasteiger partial charge in [0.2, 0.25) is 0 Å². The van der Waals surface area contributed by atoms with Gasteiger partial charge in [0.05, 0.1) is 22.2 Å². The molecule has 2 heteroatoms. The second-order valence-corrected chi connectivity index (χ2v) is 18.8. The van der Waals surface area contributed by atoms with Crippen LogP contribution in [-0.4, -0.2) is 0 Å². The molecule has 1 unspecified atom stereocenters. The molecule has 1 atom stereocenters. The van der Waals surface area contributed by atoms with Gasteiger partial charge in [-0.15, -0.1) is 0 Å². The van der Waals surface area contributed by atoms with E-state index in [-0.39, 0.29) is 5.41 Å². The van der Waals surface area contributed by atoms with Crippen LogP contribution in [0, 0.1) is 0 Å². The molecule has 0 saturated carbocycles. The largest absolute Gasteiger partial charge is 0.456 e. The first-order chi connectivity index (χ1) is 32.9. The van der Waals surface area contributed by atoms with Crippen LogP contribution in [0.15, 0.2) is 247 Å². The fourth-order valence-corrected chi connectivity index (χ4v) is 10.7. The standard InChI is InChI=1S/C65H49NO/c1-64(2,3)49-36-33-46(34-37-49)53-39-35-48(45-21-9-5-10-22-45)42-60(53)66(59-30-18-32-62-63(59)56-28-14-16-31-61(56)67-62)52-38-40-55-54-27-13-15-29-57(54)65(58(55)43-52,50-24-11-6-12-25-50)51-26-17-23-47(41-51)44-19-7-4-8-20-44/h4-43H,1-3H3. The second-order valence-electron chi connectivity index (χ2n) is 18.8. The van der Waals surface area contributed by atoms with E-state index in [1.54, 1.807) is 0 Å². The first kappa shape index (κ1) is 40.3. The molecule has 320 valence electrons. The summed E-state index contributed by atoms with van der Waals surface area (Å²) in [7, 11) is 0. The Labute approximate surface area is 393 Å². The summed E-state index contributed by atoms with van der Waals surface area (Å²) in [6.45, 7) is 6.83. The van der Waals surface area contributed by atoms with E-state index in [1.807, 2.05) is 0 Å². The van der Waals surface area contributed by atoms with Crippen LogP contribution < -0.4 is 4.90 Å².